The number of aromatic nitrogens is 3. The van der Waals surface area contributed by atoms with Gasteiger partial charge < -0.3 is 5.32 Å². The Morgan fingerprint density at radius 3 is 2.63 bits per heavy atom. The zero-order valence-electron chi connectivity index (χ0n) is 10.8. The van der Waals surface area contributed by atoms with Crippen molar-refractivity contribution in [2.24, 2.45) is 0 Å². The molecule has 0 aromatic carbocycles. The van der Waals surface area contributed by atoms with E-state index in [-0.39, 0.29) is 22.8 Å². The molecule has 19 heavy (non-hydrogen) atoms. The molecule has 7 heteroatoms. The normalized spacial score (nSPS) is 12.2. The number of amides is 1. The lowest BCUT2D eigenvalue weighted by Crippen LogP contribution is -2.27. The summed E-state index contributed by atoms with van der Waals surface area (Å²) < 4.78 is 0. The van der Waals surface area contributed by atoms with E-state index in [4.69, 9.17) is 11.6 Å². The van der Waals surface area contributed by atoms with Crippen molar-refractivity contribution in [3.8, 4) is 0 Å². The predicted octanol–water partition coefficient (Wildman–Crippen LogP) is 2.69. The van der Waals surface area contributed by atoms with Crippen LogP contribution in [-0.4, -0.2) is 20.9 Å². The Labute approximate surface area is 120 Å². The molecule has 2 heterocycles. The number of nitrogens with zero attached hydrogens (tertiary/aromatic N) is 3. The number of carbonyl (C=O) groups excluding carboxylic acids is 1. The molecular weight excluding hydrogens is 284 g/mol. The minimum absolute atomic E-state index is 0.115. The van der Waals surface area contributed by atoms with E-state index < -0.39 is 0 Å². The van der Waals surface area contributed by atoms with Crippen molar-refractivity contribution in [3.05, 3.63) is 38.8 Å². The van der Waals surface area contributed by atoms with Crippen LogP contribution < -0.4 is 5.32 Å². The van der Waals surface area contributed by atoms with E-state index in [1.807, 2.05) is 20.8 Å². The lowest BCUT2D eigenvalue weighted by molar-refractivity contribution is 0.0935. The monoisotopic (exact) mass is 296 g/mol. The van der Waals surface area contributed by atoms with Gasteiger partial charge in [0.05, 0.1) is 29.1 Å². The first-order valence-electron chi connectivity index (χ1n) is 5.69. The van der Waals surface area contributed by atoms with Crippen LogP contribution in [0.3, 0.4) is 0 Å². The van der Waals surface area contributed by atoms with Gasteiger partial charge in [0.2, 0.25) is 0 Å². The molecule has 5 nitrogen and oxygen atoms in total. The summed E-state index contributed by atoms with van der Waals surface area (Å²) in [7, 11) is 0. The summed E-state index contributed by atoms with van der Waals surface area (Å²) in [4.78, 5) is 25.1. The first-order chi connectivity index (χ1) is 8.97. The fourth-order valence-corrected chi connectivity index (χ4v) is 2.74. The van der Waals surface area contributed by atoms with Gasteiger partial charge in [-0.05, 0) is 20.8 Å². The summed E-state index contributed by atoms with van der Waals surface area (Å²) in [6.07, 6.45) is 2.71. The topological polar surface area (TPSA) is 67.8 Å². The molecule has 0 saturated carbocycles. The summed E-state index contributed by atoms with van der Waals surface area (Å²) in [5.41, 5.74) is 1.19. The smallest absolute Gasteiger partial charge is 0.271 e. The molecule has 0 aliphatic heterocycles. The van der Waals surface area contributed by atoms with Crippen LogP contribution in [0.15, 0.2) is 12.4 Å². The number of carbonyl (C=O) groups is 1. The summed E-state index contributed by atoms with van der Waals surface area (Å²) in [5.74, 6) is -0.276. The molecule has 2 aromatic rings. The number of hydrogen-bond acceptors (Lipinski definition) is 5. The van der Waals surface area contributed by atoms with Crippen LogP contribution in [0.5, 0.6) is 0 Å². The van der Waals surface area contributed by atoms with E-state index in [2.05, 4.69) is 20.3 Å². The van der Waals surface area contributed by atoms with Gasteiger partial charge in [0.15, 0.2) is 0 Å². The van der Waals surface area contributed by atoms with Crippen LogP contribution in [0.2, 0.25) is 5.15 Å². The second-order valence-electron chi connectivity index (χ2n) is 4.10. The third kappa shape index (κ3) is 3.27. The van der Waals surface area contributed by atoms with Gasteiger partial charge in [-0.25, -0.2) is 15.0 Å². The molecule has 0 fully saturated rings. The van der Waals surface area contributed by atoms with Gasteiger partial charge in [0, 0.05) is 4.88 Å². The molecule has 2 aromatic heterocycles. The fraction of sp³-hybridized carbons (Fsp3) is 0.333. The summed E-state index contributed by atoms with van der Waals surface area (Å²) >= 11 is 7.21. The highest BCUT2D eigenvalue weighted by Crippen LogP contribution is 2.24. The first-order valence-corrected chi connectivity index (χ1v) is 6.89. The number of rotatable bonds is 3. The number of nitrogens with one attached hydrogen (secondary N) is 1. The van der Waals surface area contributed by atoms with Crippen LogP contribution in [0.1, 0.15) is 39.0 Å². The highest BCUT2D eigenvalue weighted by atomic mass is 35.5. The molecule has 2 rings (SSSR count). The van der Waals surface area contributed by atoms with Crippen molar-refractivity contribution < 1.29 is 4.79 Å². The van der Waals surface area contributed by atoms with Gasteiger partial charge >= 0.3 is 0 Å². The molecule has 0 saturated heterocycles. The molecule has 100 valence electrons. The van der Waals surface area contributed by atoms with E-state index in [0.717, 1.165) is 15.6 Å². The van der Waals surface area contributed by atoms with Crippen LogP contribution in [-0.2, 0) is 0 Å². The quantitative estimate of drug-likeness (QED) is 0.945. The lowest BCUT2D eigenvalue weighted by atomic mass is 10.2. The third-order valence-electron chi connectivity index (χ3n) is 2.53. The Morgan fingerprint density at radius 2 is 2.11 bits per heavy atom. The SMILES string of the molecule is Cc1nc(C)c(C(C)NC(=O)c2cnc(Cl)cn2)s1. The van der Waals surface area contributed by atoms with E-state index in [1.165, 1.54) is 12.4 Å². The lowest BCUT2D eigenvalue weighted by Gasteiger charge is -2.12. The summed E-state index contributed by atoms with van der Waals surface area (Å²) in [6, 6.07) is -0.115. The maximum absolute atomic E-state index is 12.0. The average Bonchev–Trinajstić information content (AvgIpc) is 2.69. The third-order valence-corrected chi connectivity index (χ3v) is 3.98. The van der Waals surface area contributed by atoms with Crippen molar-refractivity contribution in [1.29, 1.82) is 0 Å². The molecule has 1 atom stereocenters. The van der Waals surface area contributed by atoms with Crippen molar-refractivity contribution in [2.45, 2.75) is 26.8 Å². The molecule has 0 aliphatic carbocycles. The van der Waals surface area contributed by atoms with E-state index >= 15 is 0 Å². The minimum Gasteiger partial charge on any atom is -0.343 e. The standard InChI is InChI=1S/C12H13ClN4OS/c1-6-11(19-8(3)16-6)7(2)17-12(18)9-4-15-10(13)5-14-9/h4-5,7H,1-3H3,(H,17,18). The molecule has 0 aliphatic rings. The zero-order chi connectivity index (χ0) is 14.0. The average molecular weight is 297 g/mol. The van der Waals surface area contributed by atoms with Gasteiger partial charge in [-0.2, -0.15) is 0 Å². The van der Waals surface area contributed by atoms with Crippen LogP contribution in [0, 0.1) is 13.8 Å². The number of hydrogen-bond donors (Lipinski definition) is 1. The fourth-order valence-electron chi connectivity index (χ4n) is 1.71. The molecule has 1 N–H and O–H groups in total. The molecule has 1 amide bonds. The Kier molecular flexibility index (Phi) is 4.11. The molecule has 1 unspecified atom stereocenters. The van der Waals surface area contributed by atoms with Crippen LogP contribution in [0.4, 0.5) is 0 Å². The van der Waals surface area contributed by atoms with Crippen LogP contribution in [0.25, 0.3) is 0 Å². The summed E-state index contributed by atoms with van der Waals surface area (Å²) in [5, 5.41) is 4.12. The van der Waals surface area contributed by atoms with Crippen molar-refractivity contribution in [2.75, 3.05) is 0 Å². The maximum Gasteiger partial charge on any atom is 0.271 e. The van der Waals surface area contributed by atoms with E-state index in [1.54, 1.807) is 11.3 Å². The van der Waals surface area contributed by atoms with Crippen molar-refractivity contribution in [3.63, 3.8) is 0 Å². The maximum atomic E-state index is 12.0. The van der Waals surface area contributed by atoms with Gasteiger partial charge in [-0.3, -0.25) is 4.79 Å². The van der Waals surface area contributed by atoms with Gasteiger partial charge in [-0.15, -0.1) is 11.3 Å². The Bertz CT molecular complexity index is 596. The Morgan fingerprint density at radius 1 is 1.37 bits per heavy atom. The second kappa shape index (κ2) is 5.63. The number of aryl methyl sites for hydroxylation is 2. The van der Waals surface area contributed by atoms with Gasteiger partial charge in [0.1, 0.15) is 10.8 Å². The number of halogens is 1. The second-order valence-corrected chi connectivity index (χ2v) is 5.72. The molecular formula is C12H13ClN4OS. The Balaban J connectivity index is 2.10. The van der Waals surface area contributed by atoms with E-state index in [0.29, 0.717) is 0 Å². The van der Waals surface area contributed by atoms with Gasteiger partial charge in [-0.1, -0.05) is 11.6 Å². The van der Waals surface area contributed by atoms with Crippen LogP contribution >= 0.6 is 22.9 Å². The highest BCUT2D eigenvalue weighted by Gasteiger charge is 2.17. The largest absolute Gasteiger partial charge is 0.343 e. The van der Waals surface area contributed by atoms with E-state index in [9.17, 15) is 4.79 Å². The summed E-state index contributed by atoms with van der Waals surface area (Å²) in [6.45, 7) is 5.80. The zero-order valence-corrected chi connectivity index (χ0v) is 12.3. The van der Waals surface area contributed by atoms with Crippen molar-refractivity contribution >= 4 is 28.8 Å². The Hall–Kier alpha value is -1.53. The highest BCUT2D eigenvalue weighted by molar-refractivity contribution is 7.11. The van der Waals surface area contributed by atoms with Gasteiger partial charge in [0.25, 0.3) is 5.91 Å². The van der Waals surface area contributed by atoms with Crippen molar-refractivity contribution in [1.82, 2.24) is 20.3 Å². The molecule has 0 spiro atoms. The number of thiazole rings is 1. The predicted molar refractivity (Wildman–Crippen MR) is 74.5 cm³/mol. The minimum atomic E-state index is -0.276. The molecule has 0 radical (unpaired) electrons. The first kappa shape index (κ1) is 13.9. The molecule has 0 bridgehead atoms.